The van der Waals surface area contributed by atoms with Crippen LogP contribution >= 0.6 is 0 Å². The van der Waals surface area contributed by atoms with Gasteiger partial charge in [0.05, 0.1) is 12.6 Å². The van der Waals surface area contributed by atoms with Crippen LogP contribution in [0, 0.1) is 0 Å². The number of hydrogen-bond donors (Lipinski definition) is 3. The predicted octanol–water partition coefficient (Wildman–Crippen LogP) is 3.95. The lowest BCUT2D eigenvalue weighted by Gasteiger charge is -2.39. The lowest BCUT2D eigenvalue weighted by molar-refractivity contribution is -0.159. The van der Waals surface area contributed by atoms with Gasteiger partial charge in [-0.25, -0.2) is 14.6 Å². The Hall–Kier alpha value is -4.54. The summed E-state index contributed by atoms with van der Waals surface area (Å²) in [4.78, 5) is 39.7. The molecule has 0 spiro atoms. The van der Waals surface area contributed by atoms with Crippen molar-refractivity contribution in [3.05, 3.63) is 102 Å². The van der Waals surface area contributed by atoms with Gasteiger partial charge in [0.25, 0.3) is 0 Å². The molecule has 2 heterocycles. The van der Waals surface area contributed by atoms with Crippen LogP contribution in [0.5, 0.6) is 5.88 Å². The highest BCUT2D eigenvalue weighted by molar-refractivity contribution is 6.27. The second-order valence-corrected chi connectivity index (χ2v) is 9.91. The van der Waals surface area contributed by atoms with Crippen LogP contribution in [0.25, 0.3) is 6.08 Å². The number of hydrogen-bond acceptors (Lipinski definition) is 7. The number of unbranched alkanes of at least 4 members (excludes halogenated alkanes) is 1. The lowest BCUT2D eigenvalue weighted by atomic mass is 9.96. The van der Waals surface area contributed by atoms with E-state index >= 15 is 0 Å². The van der Waals surface area contributed by atoms with Gasteiger partial charge in [0.2, 0.25) is 11.8 Å². The molecule has 1 aliphatic heterocycles. The Kier molecular flexibility index (Phi) is 13.9. The topological polar surface area (TPSA) is 132 Å². The lowest BCUT2D eigenvalue weighted by Crippen LogP contribution is -2.48. The first-order valence-electron chi connectivity index (χ1n) is 14.4. The third-order valence-corrected chi connectivity index (χ3v) is 6.86. The van der Waals surface area contributed by atoms with Gasteiger partial charge >= 0.3 is 11.9 Å². The molecule has 1 aromatic heterocycles. The van der Waals surface area contributed by atoms with Crippen molar-refractivity contribution in [2.45, 2.75) is 25.8 Å². The van der Waals surface area contributed by atoms with Gasteiger partial charge in [0.15, 0.2) is 0 Å². The molecule has 10 heteroatoms. The van der Waals surface area contributed by atoms with Gasteiger partial charge in [-0.05, 0) is 55.1 Å². The highest BCUT2D eigenvalue weighted by Crippen LogP contribution is 2.29. The second-order valence-electron chi connectivity index (χ2n) is 9.91. The molecule has 0 atom stereocenters. The maximum Gasteiger partial charge on any atom is 0.414 e. The first-order valence-corrected chi connectivity index (χ1v) is 14.4. The summed E-state index contributed by atoms with van der Waals surface area (Å²) in [5.41, 5.74) is 3.58. The summed E-state index contributed by atoms with van der Waals surface area (Å²) in [6, 6.07) is 25.7. The Labute approximate surface area is 252 Å². The van der Waals surface area contributed by atoms with Crippen molar-refractivity contribution in [3.8, 4) is 5.88 Å². The number of carbonyl (C=O) groups is 3. The van der Waals surface area contributed by atoms with Crippen LogP contribution in [0.1, 0.15) is 42.5 Å². The first kappa shape index (κ1) is 33.0. The van der Waals surface area contributed by atoms with Crippen LogP contribution in [-0.2, 0) is 14.4 Å². The number of amides is 1. The highest BCUT2D eigenvalue weighted by atomic mass is 16.5. The van der Waals surface area contributed by atoms with Crippen LogP contribution in [0.2, 0.25) is 0 Å². The van der Waals surface area contributed by atoms with Crippen LogP contribution in [0.15, 0.2) is 85.1 Å². The molecule has 10 nitrogen and oxygen atoms in total. The minimum Gasteiger partial charge on any atom is -0.478 e. The zero-order valence-electron chi connectivity index (χ0n) is 24.5. The van der Waals surface area contributed by atoms with E-state index in [1.807, 2.05) is 19.1 Å². The predicted molar refractivity (Wildman–Crippen MR) is 165 cm³/mol. The van der Waals surface area contributed by atoms with Gasteiger partial charge < -0.3 is 25.2 Å². The van der Waals surface area contributed by atoms with Crippen molar-refractivity contribution in [2.24, 2.45) is 0 Å². The van der Waals surface area contributed by atoms with E-state index in [1.165, 1.54) is 11.1 Å². The number of carbonyl (C=O) groups excluding carboxylic acids is 1. The smallest absolute Gasteiger partial charge is 0.414 e. The van der Waals surface area contributed by atoms with E-state index in [-0.39, 0.29) is 5.91 Å². The number of nitrogens with one attached hydrogen (secondary N) is 1. The maximum absolute atomic E-state index is 12.1. The average Bonchev–Trinajstić information content (AvgIpc) is 3.03. The summed E-state index contributed by atoms with van der Waals surface area (Å²) in [5.74, 6) is -3.13. The van der Waals surface area contributed by atoms with E-state index in [0.29, 0.717) is 25.1 Å². The van der Waals surface area contributed by atoms with E-state index in [9.17, 15) is 4.79 Å². The molecule has 228 valence electrons. The molecule has 1 amide bonds. The average molecular weight is 589 g/mol. The van der Waals surface area contributed by atoms with E-state index in [1.54, 1.807) is 18.3 Å². The number of carboxylic acids is 2. The first-order chi connectivity index (χ1) is 20.9. The second kappa shape index (κ2) is 18.1. The Bertz CT molecular complexity index is 1240. The number of rotatable bonds is 12. The summed E-state index contributed by atoms with van der Waals surface area (Å²) >= 11 is 0. The normalized spacial score (nSPS) is 13.7. The number of pyridine rings is 1. The molecule has 1 fully saturated rings. The van der Waals surface area contributed by atoms with Crippen LogP contribution in [-0.4, -0.2) is 88.7 Å². The van der Waals surface area contributed by atoms with Crippen molar-refractivity contribution in [1.29, 1.82) is 0 Å². The molecule has 3 aromatic rings. The summed E-state index contributed by atoms with van der Waals surface area (Å²) in [6.07, 6.45) is 7.09. The Morgan fingerprint density at radius 3 is 2.00 bits per heavy atom. The Balaban J connectivity index is 0.000000765. The van der Waals surface area contributed by atoms with Crippen molar-refractivity contribution in [2.75, 3.05) is 45.9 Å². The minimum absolute atomic E-state index is 0.0737. The van der Waals surface area contributed by atoms with E-state index in [0.717, 1.165) is 51.1 Å². The van der Waals surface area contributed by atoms with Crippen LogP contribution < -0.4 is 10.1 Å². The fourth-order valence-electron chi connectivity index (χ4n) is 4.76. The number of piperazine rings is 1. The van der Waals surface area contributed by atoms with Crippen LogP contribution in [0.3, 0.4) is 0 Å². The quantitative estimate of drug-likeness (QED) is 0.163. The van der Waals surface area contributed by atoms with Crippen LogP contribution in [0.4, 0.5) is 0 Å². The molecule has 1 aliphatic rings. The monoisotopic (exact) mass is 588 g/mol. The third kappa shape index (κ3) is 11.7. The minimum atomic E-state index is -1.82. The molecule has 43 heavy (non-hydrogen) atoms. The number of aromatic nitrogens is 1. The number of nitrogens with zero attached hydrogens (tertiary/aromatic N) is 3. The zero-order valence-corrected chi connectivity index (χ0v) is 24.5. The summed E-state index contributed by atoms with van der Waals surface area (Å²) in [7, 11) is 0. The van der Waals surface area contributed by atoms with Crippen molar-refractivity contribution in [1.82, 2.24) is 20.1 Å². The van der Waals surface area contributed by atoms with E-state index < -0.39 is 11.9 Å². The van der Waals surface area contributed by atoms with Crippen molar-refractivity contribution < 1.29 is 29.3 Å². The fourth-order valence-corrected chi connectivity index (χ4v) is 4.76. The number of benzene rings is 2. The molecule has 0 saturated carbocycles. The largest absolute Gasteiger partial charge is 0.478 e. The molecule has 4 rings (SSSR count). The van der Waals surface area contributed by atoms with Gasteiger partial charge in [-0.3, -0.25) is 9.69 Å². The fraction of sp³-hybridized carbons (Fsp3) is 0.333. The Morgan fingerprint density at radius 1 is 0.884 bits per heavy atom. The van der Waals surface area contributed by atoms with Gasteiger partial charge in [0.1, 0.15) is 0 Å². The van der Waals surface area contributed by atoms with Gasteiger partial charge in [-0.1, -0.05) is 60.7 Å². The van der Waals surface area contributed by atoms with Gasteiger partial charge in [0, 0.05) is 51.1 Å². The summed E-state index contributed by atoms with van der Waals surface area (Å²) < 4.78 is 5.34. The Morgan fingerprint density at radius 2 is 1.49 bits per heavy atom. The number of ether oxygens (including phenoxy) is 1. The summed E-state index contributed by atoms with van der Waals surface area (Å²) in [5, 5.41) is 17.8. The number of aliphatic carboxylic acids is 2. The zero-order chi connectivity index (χ0) is 30.9. The van der Waals surface area contributed by atoms with Crippen molar-refractivity contribution >= 4 is 23.9 Å². The van der Waals surface area contributed by atoms with E-state index in [2.05, 4.69) is 80.8 Å². The van der Waals surface area contributed by atoms with Crippen molar-refractivity contribution in [3.63, 3.8) is 0 Å². The standard InChI is InChI=1S/C31H38N4O2.C2H2O4/c1-2-37-30-18-16-26(25-33-30)15-17-29(36)32-19-9-10-20-34-21-23-35(24-22-34)31(27-11-5-3-6-12-27)28-13-7-4-8-14-28;3-1(4)2(5)6/h3-8,11-18,25,31H,2,9-10,19-24H2,1H3,(H,32,36);(H,3,4)(H,5,6)/b17-15+;. The summed E-state index contributed by atoms with van der Waals surface area (Å²) in [6.45, 7) is 8.51. The molecule has 3 N–H and O–H groups in total. The van der Waals surface area contributed by atoms with E-state index in [4.69, 9.17) is 24.5 Å². The molecule has 0 radical (unpaired) electrons. The number of carboxylic acid groups (broad SMARTS) is 2. The molecule has 0 aliphatic carbocycles. The molecule has 0 unspecified atom stereocenters. The molecular formula is C33H40N4O6. The molecule has 0 bridgehead atoms. The third-order valence-electron chi connectivity index (χ3n) is 6.86. The molecule has 2 aromatic carbocycles. The maximum atomic E-state index is 12.1. The van der Waals surface area contributed by atoms with Gasteiger partial charge in [-0.15, -0.1) is 0 Å². The van der Waals surface area contributed by atoms with Gasteiger partial charge in [-0.2, -0.15) is 0 Å². The highest BCUT2D eigenvalue weighted by Gasteiger charge is 2.26. The molecule has 1 saturated heterocycles. The SMILES string of the molecule is CCOc1ccc(/C=C/C(=O)NCCCCN2CCN(C(c3ccccc3)c3ccccc3)CC2)cn1.O=C(O)C(=O)O. The molecular weight excluding hydrogens is 548 g/mol.